The van der Waals surface area contributed by atoms with Crippen molar-refractivity contribution in [2.45, 2.75) is 38.0 Å². The number of nitrogens with zero attached hydrogens (tertiary/aromatic N) is 1. The van der Waals surface area contributed by atoms with Crippen LogP contribution in [0.1, 0.15) is 32.6 Å². The van der Waals surface area contributed by atoms with Crippen LogP contribution in [-0.4, -0.2) is 23.4 Å². The summed E-state index contributed by atoms with van der Waals surface area (Å²) in [7, 11) is 0. The second-order valence-corrected chi connectivity index (χ2v) is 3.83. The van der Waals surface area contributed by atoms with Crippen LogP contribution in [0, 0.1) is 0 Å². The van der Waals surface area contributed by atoms with Crippen LogP contribution in [0.3, 0.4) is 0 Å². The summed E-state index contributed by atoms with van der Waals surface area (Å²) in [5, 5.41) is 0.457. The van der Waals surface area contributed by atoms with Crippen LogP contribution in [0.15, 0.2) is 0 Å². The predicted octanol–water partition coefficient (Wildman–Crippen LogP) is 2.14. The summed E-state index contributed by atoms with van der Waals surface area (Å²) >= 11 is 4.41. The lowest BCUT2D eigenvalue weighted by Crippen LogP contribution is -2.29. The molecular weight excluding hydrogens is 142 g/mol. The van der Waals surface area contributed by atoms with Gasteiger partial charge < -0.3 is 0 Å². The molecule has 10 heavy (non-hydrogen) atoms. The number of hydrogen-bond donors (Lipinski definition) is 1. The van der Waals surface area contributed by atoms with E-state index in [1.807, 2.05) is 0 Å². The number of hydrogen-bond acceptors (Lipinski definition) is 2. The Bertz CT molecular complexity index is 85.3. The molecule has 1 unspecified atom stereocenters. The van der Waals surface area contributed by atoms with Gasteiger partial charge in [0.2, 0.25) is 0 Å². The Balaban J connectivity index is 2.28. The van der Waals surface area contributed by atoms with Gasteiger partial charge in [-0.15, -0.1) is 0 Å². The molecule has 0 amide bonds. The van der Waals surface area contributed by atoms with E-state index in [0.29, 0.717) is 5.37 Å². The first-order chi connectivity index (χ1) is 4.80. The third kappa shape index (κ3) is 2.51. The molecule has 1 nitrogen and oxygen atoms in total. The van der Waals surface area contributed by atoms with Gasteiger partial charge in [0.25, 0.3) is 0 Å². The van der Waals surface area contributed by atoms with Crippen LogP contribution in [-0.2, 0) is 0 Å². The molecule has 1 rings (SSSR count). The van der Waals surface area contributed by atoms with Crippen molar-refractivity contribution in [1.82, 2.24) is 4.90 Å². The zero-order valence-electron chi connectivity index (χ0n) is 6.71. The Labute approximate surface area is 69.2 Å². The molecule has 60 valence electrons. The number of thiol groups is 1. The largest absolute Gasteiger partial charge is 0.292 e. The molecule has 1 heterocycles. The molecule has 0 bridgehead atoms. The SMILES string of the molecule is CC(S)N1CCCCCC1. The Kier molecular flexibility index (Phi) is 3.57. The molecule has 0 N–H and O–H groups in total. The fraction of sp³-hybridized carbons (Fsp3) is 1.00. The average molecular weight is 159 g/mol. The maximum absolute atomic E-state index is 4.41. The van der Waals surface area contributed by atoms with Crippen LogP contribution in [0.25, 0.3) is 0 Å². The van der Waals surface area contributed by atoms with E-state index >= 15 is 0 Å². The first-order valence-electron chi connectivity index (χ1n) is 4.23. The molecule has 0 spiro atoms. The number of rotatable bonds is 1. The molecule has 1 fully saturated rings. The highest BCUT2D eigenvalue weighted by atomic mass is 32.1. The topological polar surface area (TPSA) is 3.24 Å². The van der Waals surface area contributed by atoms with E-state index in [2.05, 4.69) is 24.5 Å². The Hall–Kier alpha value is 0.310. The summed E-state index contributed by atoms with van der Waals surface area (Å²) in [4.78, 5) is 2.45. The third-order valence-electron chi connectivity index (χ3n) is 2.17. The first-order valence-corrected chi connectivity index (χ1v) is 4.74. The van der Waals surface area contributed by atoms with Gasteiger partial charge in [-0.1, -0.05) is 12.8 Å². The van der Waals surface area contributed by atoms with Gasteiger partial charge in [0.1, 0.15) is 0 Å². The molecule has 0 radical (unpaired) electrons. The molecule has 1 aliphatic heterocycles. The first kappa shape index (κ1) is 8.41. The van der Waals surface area contributed by atoms with E-state index in [0.717, 1.165) is 0 Å². The highest BCUT2D eigenvalue weighted by Gasteiger charge is 2.11. The molecule has 1 atom stereocenters. The minimum atomic E-state index is 0.457. The lowest BCUT2D eigenvalue weighted by atomic mass is 10.2. The minimum absolute atomic E-state index is 0.457. The van der Waals surface area contributed by atoms with E-state index in [1.165, 1.54) is 38.8 Å². The van der Waals surface area contributed by atoms with Crippen LogP contribution in [0.5, 0.6) is 0 Å². The minimum Gasteiger partial charge on any atom is -0.292 e. The molecule has 0 saturated carbocycles. The molecular formula is C8H17NS. The average Bonchev–Trinajstić information content (AvgIpc) is 2.12. The van der Waals surface area contributed by atoms with Crippen molar-refractivity contribution in [3.63, 3.8) is 0 Å². The summed E-state index contributed by atoms with van der Waals surface area (Å²) in [6, 6.07) is 0. The van der Waals surface area contributed by atoms with Crippen LogP contribution < -0.4 is 0 Å². The van der Waals surface area contributed by atoms with Crippen molar-refractivity contribution < 1.29 is 0 Å². The van der Waals surface area contributed by atoms with Crippen LogP contribution in [0.2, 0.25) is 0 Å². The highest BCUT2D eigenvalue weighted by Crippen LogP contribution is 2.13. The Morgan fingerprint density at radius 1 is 1.10 bits per heavy atom. The van der Waals surface area contributed by atoms with Gasteiger partial charge in [-0.05, 0) is 32.9 Å². The van der Waals surface area contributed by atoms with E-state index < -0.39 is 0 Å². The smallest absolute Gasteiger partial charge is 0.0499 e. The summed E-state index contributed by atoms with van der Waals surface area (Å²) in [5.41, 5.74) is 0. The number of likely N-dealkylation sites (tertiary alicyclic amines) is 1. The third-order valence-corrected chi connectivity index (χ3v) is 2.50. The van der Waals surface area contributed by atoms with Crippen molar-refractivity contribution in [3.8, 4) is 0 Å². The van der Waals surface area contributed by atoms with Gasteiger partial charge in [0, 0.05) is 5.37 Å². The molecule has 0 aromatic carbocycles. The zero-order chi connectivity index (χ0) is 7.40. The quantitative estimate of drug-likeness (QED) is 0.574. The summed E-state index contributed by atoms with van der Waals surface area (Å²) in [6.45, 7) is 4.67. The maximum Gasteiger partial charge on any atom is 0.0499 e. The molecule has 2 heteroatoms. The van der Waals surface area contributed by atoms with Crippen molar-refractivity contribution in [3.05, 3.63) is 0 Å². The van der Waals surface area contributed by atoms with Gasteiger partial charge in [-0.2, -0.15) is 12.6 Å². The van der Waals surface area contributed by atoms with Crippen molar-refractivity contribution in [2.24, 2.45) is 0 Å². The van der Waals surface area contributed by atoms with Gasteiger partial charge in [-0.3, -0.25) is 4.90 Å². The Morgan fingerprint density at radius 2 is 1.60 bits per heavy atom. The van der Waals surface area contributed by atoms with Crippen molar-refractivity contribution in [1.29, 1.82) is 0 Å². The van der Waals surface area contributed by atoms with Crippen molar-refractivity contribution in [2.75, 3.05) is 13.1 Å². The highest BCUT2D eigenvalue weighted by molar-refractivity contribution is 7.80. The fourth-order valence-electron chi connectivity index (χ4n) is 1.47. The molecule has 0 aromatic rings. The van der Waals surface area contributed by atoms with Gasteiger partial charge in [0.15, 0.2) is 0 Å². The molecule has 0 aromatic heterocycles. The monoisotopic (exact) mass is 159 g/mol. The zero-order valence-corrected chi connectivity index (χ0v) is 7.61. The van der Waals surface area contributed by atoms with E-state index in [9.17, 15) is 0 Å². The van der Waals surface area contributed by atoms with Crippen LogP contribution in [0.4, 0.5) is 0 Å². The Morgan fingerprint density at radius 3 is 2.00 bits per heavy atom. The molecule has 1 saturated heterocycles. The normalized spacial score (nSPS) is 25.8. The van der Waals surface area contributed by atoms with E-state index in [1.54, 1.807) is 0 Å². The summed E-state index contributed by atoms with van der Waals surface area (Å²) in [5.74, 6) is 0. The molecule has 1 aliphatic rings. The van der Waals surface area contributed by atoms with Gasteiger partial charge in [-0.25, -0.2) is 0 Å². The van der Waals surface area contributed by atoms with Crippen molar-refractivity contribution >= 4 is 12.6 Å². The summed E-state index contributed by atoms with van der Waals surface area (Å²) < 4.78 is 0. The fourth-order valence-corrected chi connectivity index (χ4v) is 1.70. The van der Waals surface area contributed by atoms with E-state index in [4.69, 9.17) is 0 Å². The standard InChI is InChI=1S/C8H17NS/c1-8(10)9-6-4-2-3-5-7-9/h8,10H,2-7H2,1H3. The van der Waals surface area contributed by atoms with E-state index in [-0.39, 0.29) is 0 Å². The lowest BCUT2D eigenvalue weighted by Gasteiger charge is -2.22. The predicted molar refractivity (Wildman–Crippen MR) is 48.5 cm³/mol. The summed E-state index contributed by atoms with van der Waals surface area (Å²) in [6.07, 6.45) is 5.56. The second-order valence-electron chi connectivity index (χ2n) is 3.08. The second kappa shape index (κ2) is 4.24. The van der Waals surface area contributed by atoms with Gasteiger partial charge in [0.05, 0.1) is 0 Å². The molecule has 0 aliphatic carbocycles. The lowest BCUT2D eigenvalue weighted by molar-refractivity contribution is 0.280. The maximum atomic E-state index is 4.41. The van der Waals surface area contributed by atoms with Crippen LogP contribution >= 0.6 is 12.6 Å². The van der Waals surface area contributed by atoms with Gasteiger partial charge >= 0.3 is 0 Å².